The molecule has 1 unspecified atom stereocenters. The zero-order valence-corrected chi connectivity index (χ0v) is 12.8. The molecule has 0 spiro atoms. The number of amides is 2. The molecule has 1 saturated carbocycles. The van der Waals surface area contributed by atoms with E-state index in [1.165, 1.54) is 12.1 Å². The number of halogens is 2. The molecule has 1 aromatic carbocycles. The zero-order chi connectivity index (χ0) is 15.7. The predicted molar refractivity (Wildman–Crippen MR) is 82.2 cm³/mol. The standard InChI is InChI=1S/C15H16ClFN4O/c1-21-8-7-18-14(21)13(9-5-6-9)20-15(22)19-11-4-2-3-10(16)12(11)17/h2-4,7-9,13H,5-6H2,1H3,(H2,19,20,22). The van der Waals surface area contributed by atoms with Crippen molar-refractivity contribution in [1.29, 1.82) is 0 Å². The molecule has 1 aliphatic rings. The van der Waals surface area contributed by atoms with E-state index in [4.69, 9.17) is 11.6 Å². The van der Waals surface area contributed by atoms with Gasteiger partial charge in [0.05, 0.1) is 16.8 Å². The number of nitrogens with zero attached hydrogens (tertiary/aromatic N) is 2. The van der Waals surface area contributed by atoms with Gasteiger partial charge in [0.2, 0.25) is 0 Å². The molecule has 1 heterocycles. The lowest BCUT2D eigenvalue weighted by Crippen LogP contribution is -2.35. The highest BCUT2D eigenvalue weighted by Gasteiger charge is 2.35. The van der Waals surface area contributed by atoms with Crippen molar-refractivity contribution in [3.63, 3.8) is 0 Å². The second-order valence-electron chi connectivity index (χ2n) is 5.41. The monoisotopic (exact) mass is 322 g/mol. The molecule has 2 amide bonds. The number of hydrogen-bond donors (Lipinski definition) is 2. The van der Waals surface area contributed by atoms with Crippen molar-refractivity contribution in [1.82, 2.24) is 14.9 Å². The predicted octanol–water partition coefficient (Wildman–Crippen LogP) is 3.49. The molecule has 116 valence electrons. The summed E-state index contributed by atoms with van der Waals surface area (Å²) in [5.41, 5.74) is 0.0550. The maximum absolute atomic E-state index is 13.8. The zero-order valence-electron chi connectivity index (χ0n) is 12.0. The van der Waals surface area contributed by atoms with Gasteiger partial charge < -0.3 is 15.2 Å². The summed E-state index contributed by atoms with van der Waals surface area (Å²) in [5, 5.41) is 5.35. The molecule has 7 heteroatoms. The van der Waals surface area contributed by atoms with Crippen LogP contribution in [0.2, 0.25) is 5.02 Å². The van der Waals surface area contributed by atoms with E-state index in [2.05, 4.69) is 15.6 Å². The molecule has 2 N–H and O–H groups in total. The fourth-order valence-corrected chi connectivity index (χ4v) is 2.57. The molecule has 0 saturated heterocycles. The second-order valence-corrected chi connectivity index (χ2v) is 5.82. The lowest BCUT2D eigenvalue weighted by molar-refractivity contribution is 0.246. The third-order valence-corrected chi connectivity index (χ3v) is 4.01. The Hall–Kier alpha value is -2.08. The van der Waals surface area contributed by atoms with Crippen LogP contribution in [-0.2, 0) is 7.05 Å². The van der Waals surface area contributed by atoms with Gasteiger partial charge in [-0.2, -0.15) is 0 Å². The van der Waals surface area contributed by atoms with Crippen molar-refractivity contribution in [2.75, 3.05) is 5.32 Å². The Morgan fingerprint density at radius 2 is 2.27 bits per heavy atom. The molecule has 0 aliphatic heterocycles. The minimum Gasteiger partial charge on any atom is -0.336 e. The normalized spacial score (nSPS) is 15.4. The maximum Gasteiger partial charge on any atom is 0.319 e. The molecular weight excluding hydrogens is 307 g/mol. The largest absolute Gasteiger partial charge is 0.336 e. The van der Waals surface area contributed by atoms with Crippen LogP contribution in [0.25, 0.3) is 0 Å². The van der Waals surface area contributed by atoms with Crippen LogP contribution in [0.4, 0.5) is 14.9 Å². The first-order valence-electron chi connectivity index (χ1n) is 7.05. The molecular formula is C15H16ClFN4O. The lowest BCUT2D eigenvalue weighted by atomic mass is 10.1. The summed E-state index contributed by atoms with van der Waals surface area (Å²) in [6, 6.07) is 3.83. The van der Waals surface area contributed by atoms with Crippen molar-refractivity contribution in [2.24, 2.45) is 13.0 Å². The number of carbonyl (C=O) groups is 1. The van der Waals surface area contributed by atoms with E-state index in [1.54, 1.807) is 12.3 Å². The van der Waals surface area contributed by atoms with Gasteiger partial charge in [-0.15, -0.1) is 0 Å². The summed E-state index contributed by atoms with van der Waals surface area (Å²) < 4.78 is 15.7. The summed E-state index contributed by atoms with van der Waals surface area (Å²) in [5.74, 6) is 0.527. The Morgan fingerprint density at radius 3 is 2.91 bits per heavy atom. The molecule has 22 heavy (non-hydrogen) atoms. The SMILES string of the molecule is Cn1ccnc1C(NC(=O)Nc1cccc(Cl)c1F)C1CC1. The van der Waals surface area contributed by atoms with Crippen LogP contribution < -0.4 is 10.6 Å². The highest BCUT2D eigenvalue weighted by Crippen LogP contribution is 2.40. The number of imidazole rings is 1. The topological polar surface area (TPSA) is 59.0 Å². The van der Waals surface area contributed by atoms with Crippen molar-refractivity contribution in [2.45, 2.75) is 18.9 Å². The van der Waals surface area contributed by atoms with Gasteiger partial charge in [-0.1, -0.05) is 17.7 Å². The van der Waals surface area contributed by atoms with E-state index in [9.17, 15) is 9.18 Å². The van der Waals surface area contributed by atoms with Crippen molar-refractivity contribution in [3.05, 3.63) is 47.3 Å². The van der Waals surface area contributed by atoms with Crippen LogP contribution in [0.3, 0.4) is 0 Å². The van der Waals surface area contributed by atoms with Gasteiger partial charge in [0, 0.05) is 19.4 Å². The van der Waals surface area contributed by atoms with E-state index in [0.29, 0.717) is 5.92 Å². The summed E-state index contributed by atoms with van der Waals surface area (Å²) >= 11 is 5.71. The average molecular weight is 323 g/mol. The number of anilines is 1. The highest BCUT2D eigenvalue weighted by molar-refractivity contribution is 6.31. The first-order chi connectivity index (χ1) is 10.6. The minimum atomic E-state index is -0.640. The van der Waals surface area contributed by atoms with Gasteiger partial charge in [0.25, 0.3) is 0 Å². The van der Waals surface area contributed by atoms with Crippen LogP contribution >= 0.6 is 11.6 Å². The molecule has 1 aromatic heterocycles. The van der Waals surface area contributed by atoms with Gasteiger partial charge >= 0.3 is 6.03 Å². The van der Waals surface area contributed by atoms with E-state index in [-0.39, 0.29) is 16.8 Å². The quantitative estimate of drug-likeness (QED) is 0.905. The Labute approximate surface area is 132 Å². The molecule has 2 aromatic rings. The Bertz CT molecular complexity index is 699. The van der Waals surface area contributed by atoms with Gasteiger partial charge in [0.15, 0.2) is 5.82 Å². The molecule has 3 rings (SSSR count). The number of aryl methyl sites for hydroxylation is 1. The number of benzene rings is 1. The van der Waals surface area contributed by atoms with E-state index < -0.39 is 11.8 Å². The minimum absolute atomic E-state index is 0.0272. The average Bonchev–Trinajstić information content (AvgIpc) is 3.24. The molecule has 0 bridgehead atoms. The van der Waals surface area contributed by atoms with Crippen LogP contribution in [-0.4, -0.2) is 15.6 Å². The Morgan fingerprint density at radius 1 is 1.50 bits per heavy atom. The van der Waals surface area contributed by atoms with Gasteiger partial charge in [-0.25, -0.2) is 14.2 Å². The summed E-state index contributed by atoms with van der Waals surface area (Å²) in [7, 11) is 1.88. The molecule has 0 radical (unpaired) electrons. The number of carbonyl (C=O) groups excluding carboxylic acids is 1. The van der Waals surface area contributed by atoms with E-state index in [0.717, 1.165) is 18.7 Å². The second kappa shape index (κ2) is 5.96. The smallest absolute Gasteiger partial charge is 0.319 e. The van der Waals surface area contributed by atoms with Crippen molar-refractivity contribution in [3.8, 4) is 0 Å². The van der Waals surface area contributed by atoms with E-state index in [1.807, 2.05) is 17.8 Å². The first kappa shape index (κ1) is 14.8. The molecule has 1 fully saturated rings. The van der Waals surface area contributed by atoms with Crippen LogP contribution in [0.1, 0.15) is 24.7 Å². The van der Waals surface area contributed by atoms with Gasteiger partial charge in [0.1, 0.15) is 5.82 Å². The number of aromatic nitrogens is 2. The van der Waals surface area contributed by atoms with Crippen LogP contribution in [0.5, 0.6) is 0 Å². The number of urea groups is 1. The van der Waals surface area contributed by atoms with Gasteiger partial charge in [-0.3, -0.25) is 0 Å². The Balaban J connectivity index is 1.72. The molecule has 1 aliphatic carbocycles. The lowest BCUT2D eigenvalue weighted by Gasteiger charge is -2.18. The van der Waals surface area contributed by atoms with E-state index >= 15 is 0 Å². The first-order valence-corrected chi connectivity index (χ1v) is 7.43. The summed E-state index contributed by atoms with van der Waals surface area (Å²) in [6.07, 6.45) is 5.62. The number of rotatable bonds is 4. The highest BCUT2D eigenvalue weighted by atomic mass is 35.5. The third-order valence-electron chi connectivity index (χ3n) is 3.72. The van der Waals surface area contributed by atoms with Crippen molar-refractivity contribution < 1.29 is 9.18 Å². The van der Waals surface area contributed by atoms with Gasteiger partial charge in [-0.05, 0) is 30.9 Å². The molecule has 1 atom stereocenters. The fourth-order valence-electron chi connectivity index (χ4n) is 2.40. The summed E-state index contributed by atoms with van der Waals surface area (Å²) in [4.78, 5) is 16.5. The number of nitrogens with one attached hydrogen (secondary N) is 2. The van der Waals surface area contributed by atoms with Crippen LogP contribution in [0.15, 0.2) is 30.6 Å². The van der Waals surface area contributed by atoms with Crippen LogP contribution in [0, 0.1) is 11.7 Å². The summed E-state index contributed by atoms with van der Waals surface area (Å²) in [6.45, 7) is 0. The number of hydrogen-bond acceptors (Lipinski definition) is 2. The van der Waals surface area contributed by atoms with Crippen molar-refractivity contribution >= 4 is 23.3 Å². The molecule has 5 nitrogen and oxygen atoms in total. The third kappa shape index (κ3) is 3.06. The Kier molecular flexibility index (Phi) is 4.02. The maximum atomic E-state index is 13.8. The fraction of sp³-hybridized carbons (Fsp3) is 0.333.